The molecule has 9 heteroatoms. The maximum absolute atomic E-state index is 12.2. The van der Waals surface area contributed by atoms with Gasteiger partial charge in [-0.15, -0.1) is 11.3 Å². The largest absolute Gasteiger partial charge is 0.493 e. The van der Waals surface area contributed by atoms with Crippen LogP contribution in [-0.2, 0) is 22.5 Å². The Kier molecular flexibility index (Phi) is 6.55. The summed E-state index contributed by atoms with van der Waals surface area (Å²) in [5.74, 6) is 0.481. The summed E-state index contributed by atoms with van der Waals surface area (Å²) in [6, 6.07) is 12.8. The first-order valence-electron chi connectivity index (χ1n) is 10.00. The smallest absolute Gasteiger partial charge is 0.419 e. The molecule has 2 heterocycles. The van der Waals surface area contributed by atoms with Gasteiger partial charge in [0.25, 0.3) is 0 Å². The summed E-state index contributed by atoms with van der Waals surface area (Å²) in [6.07, 6.45) is 0.585. The summed E-state index contributed by atoms with van der Waals surface area (Å²) in [5.41, 5.74) is 2.80. The van der Waals surface area contributed by atoms with Crippen LogP contribution in [0.1, 0.15) is 12.1 Å². The number of ether oxygens (including phenoxy) is 3. The molecule has 0 N–H and O–H groups in total. The molecule has 0 spiro atoms. The third-order valence-corrected chi connectivity index (χ3v) is 5.81. The summed E-state index contributed by atoms with van der Waals surface area (Å²) in [7, 11) is 3.16. The molecule has 0 aliphatic rings. The van der Waals surface area contributed by atoms with Crippen LogP contribution in [0.5, 0.6) is 11.5 Å². The van der Waals surface area contributed by atoms with E-state index in [0.717, 1.165) is 16.1 Å². The fourth-order valence-electron chi connectivity index (χ4n) is 3.32. The van der Waals surface area contributed by atoms with Gasteiger partial charge in [-0.25, -0.2) is 9.78 Å². The molecule has 0 aliphatic carbocycles. The van der Waals surface area contributed by atoms with Gasteiger partial charge >= 0.3 is 11.7 Å². The van der Waals surface area contributed by atoms with Crippen LogP contribution in [0, 0.1) is 0 Å². The predicted molar refractivity (Wildman–Crippen MR) is 120 cm³/mol. The first-order valence-corrected chi connectivity index (χ1v) is 10.9. The van der Waals surface area contributed by atoms with Crippen LogP contribution in [0.15, 0.2) is 57.1 Å². The minimum atomic E-state index is -0.414. The molecule has 0 unspecified atom stereocenters. The third-order valence-electron chi connectivity index (χ3n) is 4.87. The standard InChI is InChI=1S/C23H22N2O6S/c1-28-19-9-8-15(12-20(19)29-2)22-24-16(14-32-22)13-21(26)30-11-5-10-25-17-6-3-4-7-18(17)31-23(25)27/h3-4,6-9,12,14H,5,10-11,13H2,1-2H3. The van der Waals surface area contributed by atoms with Crippen LogP contribution in [0.25, 0.3) is 21.7 Å². The highest BCUT2D eigenvalue weighted by molar-refractivity contribution is 7.13. The number of aryl methyl sites for hydroxylation is 1. The fourth-order valence-corrected chi connectivity index (χ4v) is 4.14. The SMILES string of the molecule is COc1ccc(-c2nc(CC(=O)OCCCn3c(=O)oc4ccccc43)cs2)cc1OC. The van der Waals surface area contributed by atoms with Gasteiger partial charge in [-0.05, 0) is 36.8 Å². The van der Waals surface area contributed by atoms with Crippen LogP contribution >= 0.6 is 11.3 Å². The summed E-state index contributed by atoms with van der Waals surface area (Å²) < 4.78 is 22.7. The summed E-state index contributed by atoms with van der Waals surface area (Å²) in [5, 5.41) is 2.62. The quantitative estimate of drug-likeness (QED) is 0.280. The fraction of sp³-hybridized carbons (Fsp3) is 0.261. The lowest BCUT2D eigenvalue weighted by molar-refractivity contribution is -0.143. The second-order valence-corrected chi connectivity index (χ2v) is 7.81. The van der Waals surface area contributed by atoms with E-state index in [9.17, 15) is 9.59 Å². The van der Waals surface area contributed by atoms with Gasteiger partial charge in [0.1, 0.15) is 5.01 Å². The van der Waals surface area contributed by atoms with Crippen LogP contribution in [0.2, 0.25) is 0 Å². The molecule has 32 heavy (non-hydrogen) atoms. The molecule has 0 amide bonds. The molecule has 4 rings (SSSR count). The maximum Gasteiger partial charge on any atom is 0.419 e. The molecule has 0 radical (unpaired) electrons. The Morgan fingerprint density at radius 3 is 2.75 bits per heavy atom. The summed E-state index contributed by atoms with van der Waals surface area (Å²) in [4.78, 5) is 28.7. The average molecular weight is 455 g/mol. The second-order valence-electron chi connectivity index (χ2n) is 6.95. The highest BCUT2D eigenvalue weighted by atomic mass is 32.1. The lowest BCUT2D eigenvalue weighted by Gasteiger charge is -2.08. The molecule has 2 aromatic carbocycles. The van der Waals surface area contributed by atoms with E-state index in [-0.39, 0.29) is 19.0 Å². The first-order chi connectivity index (χ1) is 15.6. The lowest BCUT2D eigenvalue weighted by atomic mass is 10.2. The number of hydrogen-bond acceptors (Lipinski definition) is 8. The molecule has 166 valence electrons. The molecule has 8 nitrogen and oxygen atoms in total. The number of thiazole rings is 1. The molecular weight excluding hydrogens is 432 g/mol. The number of rotatable bonds is 9. The number of fused-ring (bicyclic) bond motifs is 1. The maximum atomic E-state index is 12.2. The molecule has 4 aromatic rings. The van der Waals surface area contributed by atoms with E-state index < -0.39 is 5.76 Å². The van der Waals surface area contributed by atoms with Crippen molar-refractivity contribution in [3.8, 4) is 22.1 Å². The Bertz CT molecular complexity index is 1290. The summed E-state index contributed by atoms with van der Waals surface area (Å²) >= 11 is 1.44. The zero-order valence-electron chi connectivity index (χ0n) is 17.7. The Morgan fingerprint density at radius 2 is 1.94 bits per heavy atom. The van der Waals surface area contributed by atoms with Gasteiger partial charge in [0.05, 0.1) is 38.5 Å². The van der Waals surface area contributed by atoms with Gasteiger partial charge in [0, 0.05) is 17.5 Å². The number of nitrogens with zero attached hydrogens (tertiary/aromatic N) is 2. The number of benzene rings is 2. The van der Waals surface area contributed by atoms with Crippen molar-refractivity contribution in [2.45, 2.75) is 19.4 Å². The van der Waals surface area contributed by atoms with E-state index in [4.69, 9.17) is 18.6 Å². The van der Waals surface area contributed by atoms with E-state index >= 15 is 0 Å². The van der Waals surface area contributed by atoms with Crippen molar-refractivity contribution >= 4 is 28.4 Å². The zero-order valence-corrected chi connectivity index (χ0v) is 18.5. The first kappa shape index (κ1) is 21.6. The molecule has 2 aromatic heterocycles. The number of carbonyl (C=O) groups is 1. The van der Waals surface area contributed by atoms with Crippen LogP contribution in [0.4, 0.5) is 0 Å². The van der Waals surface area contributed by atoms with Crippen molar-refractivity contribution in [3.05, 3.63) is 64.1 Å². The van der Waals surface area contributed by atoms with Gasteiger partial charge in [-0.2, -0.15) is 0 Å². The Hall–Kier alpha value is -3.59. The van der Waals surface area contributed by atoms with Crippen LogP contribution in [-0.4, -0.2) is 36.3 Å². The predicted octanol–water partition coefficient (Wildman–Crippen LogP) is 3.91. The number of esters is 1. The van der Waals surface area contributed by atoms with Gasteiger partial charge in [0.15, 0.2) is 17.1 Å². The Morgan fingerprint density at radius 1 is 1.12 bits per heavy atom. The number of methoxy groups -OCH3 is 2. The lowest BCUT2D eigenvalue weighted by Crippen LogP contribution is -2.16. The minimum absolute atomic E-state index is 0.0817. The number of oxazole rings is 1. The van der Waals surface area contributed by atoms with E-state index in [1.165, 1.54) is 11.3 Å². The minimum Gasteiger partial charge on any atom is -0.493 e. The van der Waals surface area contributed by atoms with Crippen LogP contribution < -0.4 is 15.2 Å². The van der Waals surface area contributed by atoms with E-state index in [1.54, 1.807) is 24.9 Å². The highest BCUT2D eigenvalue weighted by Crippen LogP contribution is 2.33. The van der Waals surface area contributed by atoms with E-state index in [0.29, 0.717) is 35.7 Å². The van der Waals surface area contributed by atoms with Gasteiger partial charge in [-0.3, -0.25) is 9.36 Å². The number of para-hydroxylation sites is 2. The monoisotopic (exact) mass is 454 g/mol. The van der Waals surface area contributed by atoms with E-state index in [1.807, 2.05) is 41.8 Å². The normalized spacial score (nSPS) is 10.9. The molecule has 0 saturated heterocycles. The molecular formula is C23H22N2O6S. The van der Waals surface area contributed by atoms with Crippen LogP contribution in [0.3, 0.4) is 0 Å². The zero-order chi connectivity index (χ0) is 22.5. The number of hydrogen-bond donors (Lipinski definition) is 0. The highest BCUT2D eigenvalue weighted by Gasteiger charge is 2.13. The molecule has 0 saturated carbocycles. The molecule has 0 fully saturated rings. The number of carbonyl (C=O) groups excluding carboxylic acids is 1. The van der Waals surface area contributed by atoms with Crippen molar-refractivity contribution in [1.29, 1.82) is 0 Å². The molecule has 0 atom stereocenters. The Balaban J connectivity index is 1.30. The van der Waals surface area contributed by atoms with Crippen molar-refractivity contribution in [2.75, 3.05) is 20.8 Å². The van der Waals surface area contributed by atoms with Gasteiger partial charge < -0.3 is 18.6 Å². The van der Waals surface area contributed by atoms with Gasteiger partial charge in [0.2, 0.25) is 0 Å². The average Bonchev–Trinajstić information content (AvgIpc) is 3.40. The van der Waals surface area contributed by atoms with Crippen molar-refractivity contribution < 1.29 is 23.4 Å². The molecule has 0 bridgehead atoms. The van der Waals surface area contributed by atoms with E-state index in [2.05, 4.69) is 4.98 Å². The topological polar surface area (TPSA) is 92.8 Å². The van der Waals surface area contributed by atoms with Crippen molar-refractivity contribution in [3.63, 3.8) is 0 Å². The van der Waals surface area contributed by atoms with Crippen molar-refractivity contribution in [1.82, 2.24) is 9.55 Å². The van der Waals surface area contributed by atoms with Gasteiger partial charge in [-0.1, -0.05) is 12.1 Å². The summed E-state index contributed by atoms with van der Waals surface area (Å²) in [6.45, 7) is 0.612. The Labute approximate surface area is 188 Å². The molecule has 0 aliphatic heterocycles. The van der Waals surface area contributed by atoms with Crippen molar-refractivity contribution in [2.24, 2.45) is 0 Å². The second kappa shape index (κ2) is 9.69. The third kappa shape index (κ3) is 4.67. The number of aromatic nitrogens is 2.